The number of carbonyl (C=O) groups is 1. The summed E-state index contributed by atoms with van der Waals surface area (Å²) < 4.78 is 0. The fourth-order valence-electron chi connectivity index (χ4n) is 2.47. The molecule has 17 heavy (non-hydrogen) atoms. The highest BCUT2D eigenvalue weighted by atomic mass is 32.1. The number of thiophene rings is 1. The summed E-state index contributed by atoms with van der Waals surface area (Å²) in [4.78, 5) is 13.6. The third-order valence-electron chi connectivity index (χ3n) is 3.84. The lowest BCUT2D eigenvalue weighted by Crippen LogP contribution is -2.39. The van der Waals surface area contributed by atoms with E-state index in [0.29, 0.717) is 0 Å². The summed E-state index contributed by atoms with van der Waals surface area (Å²) in [6, 6.07) is 0. The van der Waals surface area contributed by atoms with Crippen LogP contribution in [0.5, 0.6) is 0 Å². The number of rotatable bonds is 3. The topological polar surface area (TPSA) is 49.3 Å². The molecule has 0 bridgehead atoms. The molecule has 2 aliphatic carbocycles. The van der Waals surface area contributed by atoms with Crippen molar-refractivity contribution in [3.63, 3.8) is 0 Å². The van der Waals surface area contributed by atoms with Crippen molar-refractivity contribution in [3.8, 4) is 0 Å². The first-order chi connectivity index (χ1) is 8.24. The first kappa shape index (κ1) is 11.2. The molecule has 4 heteroatoms. The molecule has 2 N–H and O–H groups in total. The van der Waals surface area contributed by atoms with E-state index in [2.05, 4.69) is 5.32 Å². The van der Waals surface area contributed by atoms with Gasteiger partial charge >= 0.3 is 0 Å². The van der Waals surface area contributed by atoms with Crippen LogP contribution in [0.3, 0.4) is 0 Å². The van der Waals surface area contributed by atoms with Gasteiger partial charge in [0.2, 0.25) is 0 Å². The fraction of sp³-hybridized carbons (Fsp3) is 0.615. The molecule has 2 aliphatic rings. The summed E-state index contributed by atoms with van der Waals surface area (Å²) in [5.41, 5.74) is 1.80. The molecule has 1 aromatic rings. The number of amides is 1. The zero-order valence-corrected chi connectivity index (χ0v) is 10.6. The molecule has 0 unspecified atom stereocenters. The average molecular weight is 251 g/mol. The molecule has 0 aromatic carbocycles. The molecule has 0 spiro atoms. The lowest BCUT2D eigenvalue weighted by atomic mass is 9.95. The van der Waals surface area contributed by atoms with Gasteiger partial charge in [-0.1, -0.05) is 0 Å². The van der Waals surface area contributed by atoms with Crippen LogP contribution in [0.1, 0.15) is 46.5 Å². The van der Waals surface area contributed by atoms with Crippen LogP contribution in [0.4, 0.5) is 0 Å². The molecule has 1 amide bonds. The second-order valence-corrected chi connectivity index (χ2v) is 6.11. The van der Waals surface area contributed by atoms with Crippen LogP contribution >= 0.6 is 11.3 Å². The van der Waals surface area contributed by atoms with E-state index >= 15 is 0 Å². The highest BCUT2D eigenvalue weighted by molar-refractivity contribution is 7.10. The van der Waals surface area contributed by atoms with Crippen LogP contribution in [-0.2, 0) is 12.8 Å². The minimum atomic E-state index is -0.305. The SMILES string of the molecule is O=C(NC1(CO)CC1)c1csc2c1CCCC2. The number of hydrogen-bond donors (Lipinski definition) is 2. The maximum absolute atomic E-state index is 12.2. The molecule has 0 saturated heterocycles. The number of aliphatic hydroxyl groups excluding tert-OH is 1. The smallest absolute Gasteiger partial charge is 0.252 e. The Morgan fingerprint density at radius 1 is 1.41 bits per heavy atom. The lowest BCUT2D eigenvalue weighted by Gasteiger charge is -2.16. The van der Waals surface area contributed by atoms with Crippen molar-refractivity contribution in [1.29, 1.82) is 0 Å². The quantitative estimate of drug-likeness (QED) is 0.861. The van der Waals surface area contributed by atoms with Gasteiger partial charge in [-0.05, 0) is 44.1 Å². The van der Waals surface area contributed by atoms with Crippen LogP contribution in [0.25, 0.3) is 0 Å². The second-order valence-electron chi connectivity index (χ2n) is 5.15. The summed E-state index contributed by atoms with van der Waals surface area (Å²) in [6.07, 6.45) is 6.40. The maximum atomic E-state index is 12.2. The zero-order chi connectivity index (χ0) is 11.9. The molecule has 92 valence electrons. The van der Waals surface area contributed by atoms with E-state index in [-0.39, 0.29) is 18.1 Å². The summed E-state index contributed by atoms with van der Waals surface area (Å²) in [5.74, 6) is 0.0101. The molecule has 1 saturated carbocycles. The number of carbonyl (C=O) groups excluding carboxylic acids is 1. The Hall–Kier alpha value is -0.870. The van der Waals surface area contributed by atoms with E-state index in [1.807, 2.05) is 5.38 Å². The van der Waals surface area contributed by atoms with Gasteiger partial charge in [-0.25, -0.2) is 0 Å². The van der Waals surface area contributed by atoms with Crippen molar-refractivity contribution in [1.82, 2.24) is 5.32 Å². The predicted molar refractivity (Wildman–Crippen MR) is 67.5 cm³/mol. The maximum Gasteiger partial charge on any atom is 0.252 e. The van der Waals surface area contributed by atoms with Crippen LogP contribution in [-0.4, -0.2) is 23.2 Å². The van der Waals surface area contributed by atoms with E-state index in [1.165, 1.54) is 23.3 Å². The number of fused-ring (bicyclic) bond motifs is 1. The zero-order valence-electron chi connectivity index (χ0n) is 9.79. The summed E-state index contributed by atoms with van der Waals surface area (Å²) >= 11 is 1.71. The van der Waals surface area contributed by atoms with E-state index in [4.69, 9.17) is 0 Å². The van der Waals surface area contributed by atoms with Gasteiger partial charge in [-0.2, -0.15) is 0 Å². The summed E-state index contributed by atoms with van der Waals surface area (Å²) in [7, 11) is 0. The first-order valence-electron chi connectivity index (χ1n) is 6.27. The highest BCUT2D eigenvalue weighted by Crippen LogP contribution is 2.36. The number of hydrogen-bond acceptors (Lipinski definition) is 3. The Morgan fingerprint density at radius 3 is 2.88 bits per heavy atom. The van der Waals surface area contributed by atoms with Crippen molar-refractivity contribution in [2.45, 2.75) is 44.1 Å². The minimum Gasteiger partial charge on any atom is -0.394 e. The Bertz CT molecular complexity index is 448. The Morgan fingerprint density at radius 2 is 2.18 bits per heavy atom. The molecule has 0 atom stereocenters. The Balaban J connectivity index is 1.79. The summed E-state index contributed by atoms with van der Waals surface area (Å²) in [6.45, 7) is 0.0606. The first-order valence-corrected chi connectivity index (χ1v) is 7.15. The van der Waals surface area contributed by atoms with Crippen LogP contribution in [0.2, 0.25) is 0 Å². The van der Waals surface area contributed by atoms with Crippen molar-refractivity contribution in [3.05, 3.63) is 21.4 Å². The molecule has 0 radical (unpaired) electrons. The van der Waals surface area contributed by atoms with Crippen molar-refractivity contribution in [2.75, 3.05) is 6.61 Å². The highest BCUT2D eigenvalue weighted by Gasteiger charge is 2.43. The molecular weight excluding hydrogens is 234 g/mol. The third kappa shape index (κ3) is 2.00. The summed E-state index contributed by atoms with van der Waals surface area (Å²) in [5, 5.41) is 14.2. The van der Waals surface area contributed by atoms with Gasteiger partial charge in [-0.3, -0.25) is 4.79 Å². The molecular formula is C13H17NO2S. The number of nitrogens with one attached hydrogen (secondary N) is 1. The Labute approximate surface area is 105 Å². The van der Waals surface area contributed by atoms with Gasteiger partial charge in [0.25, 0.3) is 5.91 Å². The average Bonchev–Trinajstić information content (AvgIpc) is 2.99. The van der Waals surface area contributed by atoms with E-state index in [0.717, 1.165) is 31.2 Å². The lowest BCUT2D eigenvalue weighted by molar-refractivity contribution is 0.0906. The van der Waals surface area contributed by atoms with Gasteiger partial charge in [0, 0.05) is 10.3 Å². The standard InChI is InChI=1S/C13H17NO2S/c15-8-13(5-6-13)14-12(16)10-7-17-11-4-2-1-3-9(10)11/h7,15H,1-6,8H2,(H,14,16). The van der Waals surface area contributed by atoms with Crippen LogP contribution < -0.4 is 5.32 Å². The molecule has 3 rings (SSSR count). The van der Waals surface area contributed by atoms with Gasteiger partial charge < -0.3 is 10.4 Å². The Kier molecular flexibility index (Phi) is 2.71. The largest absolute Gasteiger partial charge is 0.394 e. The number of aryl methyl sites for hydroxylation is 1. The van der Waals surface area contributed by atoms with Crippen LogP contribution in [0.15, 0.2) is 5.38 Å². The fourth-order valence-corrected chi connectivity index (χ4v) is 3.59. The molecule has 1 heterocycles. The minimum absolute atomic E-state index is 0.0101. The normalized spacial score (nSPS) is 20.8. The van der Waals surface area contributed by atoms with Crippen molar-refractivity contribution >= 4 is 17.2 Å². The molecule has 0 aliphatic heterocycles. The van der Waals surface area contributed by atoms with E-state index in [9.17, 15) is 9.90 Å². The van der Waals surface area contributed by atoms with E-state index < -0.39 is 0 Å². The van der Waals surface area contributed by atoms with Gasteiger partial charge in [-0.15, -0.1) is 11.3 Å². The molecule has 1 aromatic heterocycles. The van der Waals surface area contributed by atoms with Gasteiger partial charge in [0.15, 0.2) is 0 Å². The predicted octanol–water partition coefficient (Wildman–Crippen LogP) is 1.88. The van der Waals surface area contributed by atoms with Crippen molar-refractivity contribution < 1.29 is 9.90 Å². The second kappa shape index (κ2) is 4.10. The van der Waals surface area contributed by atoms with Gasteiger partial charge in [0.05, 0.1) is 17.7 Å². The third-order valence-corrected chi connectivity index (χ3v) is 4.93. The monoisotopic (exact) mass is 251 g/mol. The van der Waals surface area contributed by atoms with Gasteiger partial charge in [0.1, 0.15) is 0 Å². The number of aliphatic hydroxyl groups is 1. The van der Waals surface area contributed by atoms with Crippen molar-refractivity contribution in [2.24, 2.45) is 0 Å². The van der Waals surface area contributed by atoms with Crippen LogP contribution in [0, 0.1) is 0 Å². The van der Waals surface area contributed by atoms with E-state index in [1.54, 1.807) is 11.3 Å². The molecule has 1 fully saturated rings. The molecule has 3 nitrogen and oxygen atoms in total.